The Bertz CT molecular complexity index is 1980. The fraction of sp³-hybridized carbons (Fsp3) is 0.0769. The van der Waals surface area contributed by atoms with Crippen molar-refractivity contribution < 1.29 is 31.0 Å². The number of carbonyl (C=O) groups excluding carboxylic acids is 1. The molecule has 0 aliphatic heterocycles. The molecule has 218 valence electrons. The van der Waals surface area contributed by atoms with Crippen molar-refractivity contribution in [3.8, 4) is 39.3 Å². The van der Waals surface area contributed by atoms with Crippen LogP contribution in [0.1, 0.15) is 36.2 Å². The Morgan fingerprint density at radius 3 is 1.86 bits per heavy atom. The largest absolute Gasteiger partial charge is 0.512 e. The van der Waals surface area contributed by atoms with Crippen LogP contribution in [0.4, 0.5) is 0 Å². The normalized spacial score (nSPS) is 13.1. The van der Waals surface area contributed by atoms with E-state index in [0.717, 1.165) is 28.2 Å². The van der Waals surface area contributed by atoms with Gasteiger partial charge in [-0.05, 0) is 71.4 Å². The van der Waals surface area contributed by atoms with Gasteiger partial charge in [-0.25, -0.2) is 0 Å². The molecule has 0 amide bonds. The first-order valence-corrected chi connectivity index (χ1v) is 14.3. The Balaban J connectivity index is 0.000000388. The number of para-hydroxylation sites is 1. The molecule has 0 atom stereocenters. The van der Waals surface area contributed by atoms with Crippen molar-refractivity contribution in [1.82, 2.24) is 9.55 Å². The van der Waals surface area contributed by atoms with Crippen molar-refractivity contribution in [2.45, 2.75) is 19.3 Å². The molecule has 4 nitrogen and oxygen atoms in total. The molecule has 0 fully saturated rings. The number of hydrogen-bond acceptors (Lipinski definition) is 3. The summed E-state index contributed by atoms with van der Waals surface area (Å²) in [6.07, 6.45) is 3.07. The van der Waals surface area contributed by atoms with Gasteiger partial charge >= 0.3 is 0 Å². The van der Waals surface area contributed by atoms with Crippen molar-refractivity contribution in [2.24, 2.45) is 0 Å². The monoisotopic (exact) mass is 752 g/mol. The predicted molar refractivity (Wildman–Crippen MR) is 171 cm³/mol. The van der Waals surface area contributed by atoms with E-state index >= 15 is 0 Å². The number of ketones is 1. The smallest absolute Gasteiger partial charge is 0.155 e. The summed E-state index contributed by atoms with van der Waals surface area (Å²) in [5.74, 6) is -0.0625. The second-order valence-corrected chi connectivity index (χ2v) is 10.9. The summed E-state index contributed by atoms with van der Waals surface area (Å²) in [6.45, 7) is 2.85. The van der Waals surface area contributed by atoms with Crippen LogP contribution in [-0.4, -0.2) is 20.4 Å². The molecule has 8 rings (SSSR count). The van der Waals surface area contributed by atoms with Crippen LogP contribution in [0, 0.1) is 6.07 Å². The zero-order valence-corrected chi connectivity index (χ0v) is 26.5. The van der Waals surface area contributed by atoms with Crippen molar-refractivity contribution in [1.29, 1.82) is 0 Å². The molecule has 1 N–H and O–H groups in total. The van der Waals surface area contributed by atoms with Gasteiger partial charge in [0.2, 0.25) is 0 Å². The van der Waals surface area contributed by atoms with E-state index in [1.807, 2.05) is 6.20 Å². The number of carbonyl (C=O) groups is 1. The zero-order valence-electron chi connectivity index (χ0n) is 24.3. The molecule has 0 radical (unpaired) electrons. The summed E-state index contributed by atoms with van der Waals surface area (Å²) >= 11 is 0. The molecule has 5 heteroatoms. The topological polar surface area (TPSA) is 55.1 Å². The van der Waals surface area contributed by atoms with Crippen molar-refractivity contribution >= 4 is 5.78 Å². The van der Waals surface area contributed by atoms with Gasteiger partial charge in [-0.15, -0.1) is 11.6 Å². The molecule has 2 aromatic heterocycles. The summed E-state index contributed by atoms with van der Waals surface area (Å²) in [6, 6.07) is 47.2. The minimum Gasteiger partial charge on any atom is -0.512 e. The van der Waals surface area contributed by atoms with E-state index in [9.17, 15) is 4.79 Å². The van der Waals surface area contributed by atoms with Crippen LogP contribution in [-0.2, 0) is 31.3 Å². The first-order chi connectivity index (χ1) is 21.0. The molecule has 2 aliphatic carbocycles. The second-order valence-electron chi connectivity index (χ2n) is 10.9. The first kappa shape index (κ1) is 29.3. The van der Waals surface area contributed by atoms with Crippen LogP contribution in [0.15, 0.2) is 139 Å². The van der Waals surface area contributed by atoms with Crippen molar-refractivity contribution in [2.75, 3.05) is 0 Å². The number of rotatable bonds is 3. The molecule has 1 spiro atoms. The molecular weight excluding hydrogens is 724 g/mol. The van der Waals surface area contributed by atoms with Gasteiger partial charge < -0.3 is 14.7 Å². The molecule has 0 unspecified atom stereocenters. The molecule has 44 heavy (non-hydrogen) atoms. The van der Waals surface area contributed by atoms with E-state index in [1.54, 1.807) is 0 Å². The molecular formula is C39H29N2O2Pt-. The Kier molecular flexibility index (Phi) is 7.80. The predicted octanol–water partition coefficient (Wildman–Crippen LogP) is 8.72. The SMILES string of the molecule is CC(=O)/C=C(/C)O.[Pt].[c-]1c2c(n(-c3ccccc3)c1-c1ccccc1)C1(c3ccccc3-c3ccccc31)c1cccnc1-2. The average Bonchev–Trinajstić information content (AvgIpc) is 3.66. The number of aliphatic hydroxyl groups excluding tert-OH is 1. The maximum atomic E-state index is 10.0. The quantitative estimate of drug-likeness (QED) is 0.112. The van der Waals surface area contributed by atoms with Gasteiger partial charge in [0.15, 0.2) is 5.78 Å². The standard InChI is InChI=1S/C34H21N2.C5H8O2.Pt/c1-3-12-23(13-4-1)31-22-27-32-30(20-11-21-35-32)34(33(27)36(31)24-14-5-2-6-15-24)28-18-9-7-16-25(28)26-17-8-10-19-29(26)34;1-4(6)3-5(2)7;/h1-21H;3,6H,1-2H3;/q-1;;/b;4-3-;. The number of nitrogens with zero attached hydrogens (tertiary/aromatic N) is 2. The number of fused-ring (bicyclic) bond motifs is 10. The number of pyridine rings is 1. The molecule has 0 bridgehead atoms. The molecule has 2 aliphatic rings. The molecule has 6 aromatic rings. The van der Waals surface area contributed by atoms with Gasteiger partial charge in [-0.3, -0.25) is 4.79 Å². The Hall–Kier alpha value is -4.79. The molecule has 2 heterocycles. The van der Waals surface area contributed by atoms with Gasteiger partial charge in [0.05, 0.1) is 5.76 Å². The van der Waals surface area contributed by atoms with Gasteiger partial charge in [0, 0.05) is 44.4 Å². The maximum Gasteiger partial charge on any atom is 0.155 e. The van der Waals surface area contributed by atoms with Crippen LogP contribution in [0.2, 0.25) is 0 Å². The maximum absolute atomic E-state index is 10.0. The summed E-state index contributed by atoms with van der Waals surface area (Å²) in [5.41, 5.74) is 12.6. The third-order valence-electron chi connectivity index (χ3n) is 8.16. The minimum atomic E-state index is -0.467. The fourth-order valence-electron chi connectivity index (χ4n) is 6.73. The zero-order chi connectivity index (χ0) is 29.6. The van der Waals surface area contributed by atoms with Gasteiger partial charge in [0.1, 0.15) is 0 Å². The molecule has 4 aromatic carbocycles. The van der Waals surface area contributed by atoms with E-state index in [1.165, 1.54) is 53.4 Å². The van der Waals surface area contributed by atoms with Crippen molar-refractivity contribution in [3.05, 3.63) is 168 Å². The van der Waals surface area contributed by atoms with Crippen LogP contribution in [0.5, 0.6) is 0 Å². The minimum absolute atomic E-state index is 0. The van der Waals surface area contributed by atoms with Crippen molar-refractivity contribution in [3.63, 3.8) is 0 Å². The summed E-state index contributed by atoms with van der Waals surface area (Å²) in [7, 11) is 0. The number of hydrogen-bond donors (Lipinski definition) is 1. The fourth-order valence-corrected chi connectivity index (χ4v) is 6.73. The number of aromatic nitrogens is 2. The van der Waals surface area contributed by atoms with Crippen LogP contribution < -0.4 is 0 Å². The van der Waals surface area contributed by atoms with Crippen LogP contribution in [0.25, 0.3) is 39.3 Å². The first-order valence-electron chi connectivity index (χ1n) is 14.3. The van der Waals surface area contributed by atoms with Gasteiger partial charge in [-0.1, -0.05) is 114 Å². The Labute approximate surface area is 271 Å². The van der Waals surface area contributed by atoms with E-state index in [4.69, 9.17) is 10.1 Å². The van der Waals surface area contributed by atoms with E-state index in [-0.39, 0.29) is 32.6 Å². The number of allylic oxidation sites excluding steroid dienone is 2. The van der Waals surface area contributed by atoms with E-state index in [2.05, 4.69) is 132 Å². The summed E-state index contributed by atoms with van der Waals surface area (Å²) in [4.78, 5) is 15.0. The van der Waals surface area contributed by atoms with Gasteiger partial charge in [-0.2, -0.15) is 0 Å². The Morgan fingerprint density at radius 2 is 1.30 bits per heavy atom. The van der Waals surface area contributed by atoms with E-state index < -0.39 is 5.41 Å². The number of benzene rings is 4. The Morgan fingerprint density at radius 1 is 0.750 bits per heavy atom. The summed E-state index contributed by atoms with van der Waals surface area (Å²) in [5, 5.41) is 8.36. The summed E-state index contributed by atoms with van der Waals surface area (Å²) < 4.78 is 2.42. The second kappa shape index (κ2) is 11.7. The molecule has 0 saturated heterocycles. The van der Waals surface area contributed by atoms with Gasteiger partial charge in [0.25, 0.3) is 0 Å². The van der Waals surface area contributed by atoms with E-state index in [0.29, 0.717) is 0 Å². The third-order valence-corrected chi connectivity index (χ3v) is 8.16. The number of aliphatic hydroxyl groups is 1. The van der Waals surface area contributed by atoms with Crippen LogP contribution >= 0.6 is 0 Å². The average molecular weight is 753 g/mol. The molecule has 0 saturated carbocycles. The third kappa shape index (κ3) is 4.49. The van der Waals surface area contributed by atoms with Crippen LogP contribution in [0.3, 0.4) is 0 Å².